The molecule has 3 nitrogen and oxygen atoms in total. The van der Waals surface area contributed by atoms with Gasteiger partial charge in [-0.05, 0) is 18.4 Å². The van der Waals surface area contributed by atoms with Crippen molar-refractivity contribution >= 4 is 5.97 Å². The van der Waals surface area contributed by atoms with Crippen LogP contribution in [0, 0.1) is 0 Å². The number of carbonyl (C=O) groups is 1. The Hall–Kier alpha value is -1.61. The second-order valence-corrected chi connectivity index (χ2v) is 4.59. The Kier molecular flexibility index (Phi) is 3.82. The minimum Gasteiger partial charge on any atom is -0.468 e. The van der Waals surface area contributed by atoms with Gasteiger partial charge in [0.15, 0.2) is 0 Å². The third-order valence-electron chi connectivity index (χ3n) is 3.37. The van der Waals surface area contributed by atoms with E-state index < -0.39 is 5.41 Å². The van der Waals surface area contributed by atoms with E-state index >= 15 is 0 Å². The van der Waals surface area contributed by atoms with Crippen molar-refractivity contribution in [2.45, 2.75) is 24.4 Å². The molecule has 1 saturated heterocycles. The standard InChI is InChI=1S/C15H18O3/c1-3-9-15(14(16)17-2,10-13-11-18-13)12-7-5-4-6-8-12/h3-8,13H,1,9-11H2,2H3/t13?,15-/m1/s1. The number of rotatable bonds is 6. The average Bonchev–Trinajstić information content (AvgIpc) is 3.22. The number of esters is 1. The van der Waals surface area contributed by atoms with Crippen molar-refractivity contribution in [2.75, 3.05) is 13.7 Å². The molecule has 0 saturated carbocycles. The molecule has 0 bridgehead atoms. The van der Waals surface area contributed by atoms with Gasteiger partial charge in [0, 0.05) is 0 Å². The molecule has 0 aromatic heterocycles. The fourth-order valence-corrected chi connectivity index (χ4v) is 2.38. The second kappa shape index (κ2) is 5.36. The summed E-state index contributed by atoms with van der Waals surface area (Å²) in [5, 5.41) is 0. The first-order chi connectivity index (χ1) is 8.73. The summed E-state index contributed by atoms with van der Waals surface area (Å²) in [6.45, 7) is 4.49. The summed E-state index contributed by atoms with van der Waals surface area (Å²) in [4.78, 5) is 12.3. The highest BCUT2D eigenvalue weighted by atomic mass is 16.6. The maximum absolute atomic E-state index is 12.3. The number of hydrogen-bond acceptors (Lipinski definition) is 3. The largest absolute Gasteiger partial charge is 0.468 e. The summed E-state index contributed by atoms with van der Waals surface area (Å²) in [5.41, 5.74) is 0.297. The fourth-order valence-electron chi connectivity index (χ4n) is 2.38. The first-order valence-corrected chi connectivity index (χ1v) is 6.09. The van der Waals surface area contributed by atoms with Crippen LogP contribution in [-0.2, 0) is 19.7 Å². The Morgan fingerprint density at radius 1 is 1.56 bits per heavy atom. The van der Waals surface area contributed by atoms with Crippen LogP contribution in [0.5, 0.6) is 0 Å². The van der Waals surface area contributed by atoms with Gasteiger partial charge < -0.3 is 9.47 Å². The lowest BCUT2D eigenvalue weighted by Gasteiger charge is -2.30. The molecule has 0 amide bonds. The van der Waals surface area contributed by atoms with Crippen LogP contribution < -0.4 is 0 Å². The molecule has 0 spiro atoms. The maximum atomic E-state index is 12.3. The molecule has 1 aromatic carbocycles. The molecular formula is C15H18O3. The zero-order valence-corrected chi connectivity index (χ0v) is 10.6. The molecule has 1 fully saturated rings. The summed E-state index contributed by atoms with van der Waals surface area (Å²) in [6, 6.07) is 9.73. The highest BCUT2D eigenvalue weighted by molar-refractivity contribution is 5.83. The van der Waals surface area contributed by atoms with E-state index in [9.17, 15) is 4.79 Å². The van der Waals surface area contributed by atoms with Crippen LogP contribution in [0.3, 0.4) is 0 Å². The van der Waals surface area contributed by atoms with Crippen LogP contribution in [0.25, 0.3) is 0 Å². The number of benzene rings is 1. The number of allylic oxidation sites excluding steroid dienone is 1. The van der Waals surface area contributed by atoms with Crippen molar-refractivity contribution in [1.82, 2.24) is 0 Å². The Bertz CT molecular complexity index is 423. The van der Waals surface area contributed by atoms with Gasteiger partial charge in [0.05, 0.1) is 25.2 Å². The van der Waals surface area contributed by atoms with Crippen molar-refractivity contribution in [2.24, 2.45) is 0 Å². The second-order valence-electron chi connectivity index (χ2n) is 4.59. The van der Waals surface area contributed by atoms with E-state index in [-0.39, 0.29) is 12.1 Å². The molecule has 2 atom stereocenters. The number of methoxy groups -OCH3 is 1. The van der Waals surface area contributed by atoms with E-state index in [1.165, 1.54) is 7.11 Å². The minimum absolute atomic E-state index is 0.157. The van der Waals surface area contributed by atoms with Crippen LogP contribution in [0.1, 0.15) is 18.4 Å². The van der Waals surface area contributed by atoms with E-state index in [1.807, 2.05) is 30.3 Å². The van der Waals surface area contributed by atoms with E-state index in [2.05, 4.69) is 6.58 Å². The predicted molar refractivity (Wildman–Crippen MR) is 69.3 cm³/mol. The van der Waals surface area contributed by atoms with Crippen molar-refractivity contribution in [3.63, 3.8) is 0 Å². The first kappa shape index (κ1) is 12.8. The van der Waals surface area contributed by atoms with E-state index in [0.717, 1.165) is 12.2 Å². The molecule has 0 radical (unpaired) electrons. The van der Waals surface area contributed by atoms with Crippen molar-refractivity contribution in [3.8, 4) is 0 Å². The molecule has 1 heterocycles. The van der Waals surface area contributed by atoms with Crippen LogP contribution in [-0.4, -0.2) is 25.8 Å². The summed E-state index contributed by atoms with van der Waals surface area (Å²) >= 11 is 0. The van der Waals surface area contributed by atoms with Crippen LogP contribution in [0.4, 0.5) is 0 Å². The summed E-state index contributed by atoms with van der Waals surface area (Å²) in [5.74, 6) is -0.218. The number of carbonyl (C=O) groups excluding carboxylic acids is 1. The van der Waals surface area contributed by atoms with Crippen LogP contribution in [0.2, 0.25) is 0 Å². The van der Waals surface area contributed by atoms with Gasteiger partial charge in [-0.3, -0.25) is 4.79 Å². The molecule has 1 aliphatic heterocycles. The van der Waals surface area contributed by atoms with Gasteiger partial charge in [-0.25, -0.2) is 0 Å². The Morgan fingerprint density at radius 2 is 2.22 bits per heavy atom. The Morgan fingerprint density at radius 3 is 2.72 bits per heavy atom. The molecule has 3 heteroatoms. The summed E-state index contributed by atoms with van der Waals surface area (Å²) < 4.78 is 10.3. The van der Waals surface area contributed by atoms with Gasteiger partial charge in [0.25, 0.3) is 0 Å². The molecule has 2 rings (SSSR count). The van der Waals surface area contributed by atoms with E-state index in [0.29, 0.717) is 12.8 Å². The predicted octanol–water partition coefficient (Wildman–Crippen LogP) is 2.46. The summed E-state index contributed by atoms with van der Waals surface area (Å²) in [6.07, 6.45) is 3.13. The molecule has 0 aliphatic carbocycles. The van der Waals surface area contributed by atoms with Crippen molar-refractivity contribution < 1.29 is 14.3 Å². The normalized spacial score (nSPS) is 20.8. The Balaban J connectivity index is 2.40. The SMILES string of the molecule is C=CC[C@](CC1CO1)(C(=O)OC)c1ccccc1. The molecule has 0 N–H and O–H groups in total. The maximum Gasteiger partial charge on any atom is 0.316 e. The Labute approximate surface area is 107 Å². The van der Waals surface area contributed by atoms with Crippen LogP contribution in [0.15, 0.2) is 43.0 Å². The summed E-state index contributed by atoms with van der Waals surface area (Å²) in [7, 11) is 1.43. The topological polar surface area (TPSA) is 38.8 Å². The highest BCUT2D eigenvalue weighted by Gasteiger charge is 2.45. The minimum atomic E-state index is -0.668. The van der Waals surface area contributed by atoms with E-state index in [1.54, 1.807) is 6.08 Å². The van der Waals surface area contributed by atoms with Gasteiger partial charge in [0.2, 0.25) is 0 Å². The monoisotopic (exact) mass is 246 g/mol. The van der Waals surface area contributed by atoms with Gasteiger partial charge in [-0.1, -0.05) is 36.4 Å². The third-order valence-corrected chi connectivity index (χ3v) is 3.37. The number of hydrogen-bond donors (Lipinski definition) is 0. The lowest BCUT2D eigenvalue weighted by molar-refractivity contribution is -0.148. The van der Waals surface area contributed by atoms with Gasteiger partial charge in [-0.2, -0.15) is 0 Å². The van der Waals surface area contributed by atoms with Gasteiger partial charge in [0.1, 0.15) is 0 Å². The molecule has 96 valence electrons. The number of epoxide rings is 1. The number of ether oxygens (including phenoxy) is 2. The quantitative estimate of drug-likeness (QED) is 0.439. The lowest BCUT2D eigenvalue weighted by Crippen LogP contribution is -2.38. The highest BCUT2D eigenvalue weighted by Crippen LogP contribution is 2.38. The van der Waals surface area contributed by atoms with Crippen molar-refractivity contribution in [1.29, 1.82) is 0 Å². The molecule has 1 unspecified atom stereocenters. The first-order valence-electron chi connectivity index (χ1n) is 6.09. The zero-order valence-electron chi connectivity index (χ0n) is 10.6. The average molecular weight is 246 g/mol. The molecule has 1 aromatic rings. The molecule has 18 heavy (non-hydrogen) atoms. The van der Waals surface area contributed by atoms with E-state index in [4.69, 9.17) is 9.47 Å². The third kappa shape index (κ3) is 2.46. The lowest BCUT2D eigenvalue weighted by atomic mass is 9.74. The molecular weight excluding hydrogens is 228 g/mol. The van der Waals surface area contributed by atoms with Gasteiger partial charge >= 0.3 is 5.97 Å². The van der Waals surface area contributed by atoms with Gasteiger partial charge in [-0.15, -0.1) is 6.58 Å². The van der Waals surface area contributed by atoms with Crippen molar-refractivity contribution in [3.05, 3.63) is 48.6 Å². The zero-order chi connectivity index (χ0) is 13.0. The smallest absolute Gasteiger partial charge is 0.316 e. The fraction of sp³-hybridized carbons (Fsp3) is 0.400. The van der Waals surface area contributed by atoms with Crippen LogP contribution >= 0.6 is 0 Å². The molecule has 1 aliphatic rings.